The van der Waals surface area contributed by atoms with Crippen LogP contribution in [0.1, 0.15) is 12.5 Å². The van der Waals surface area contributed by atoms with Crippen LogP contribution in [0.15, 0.2) is 24.3 Å². The van der Waals surface area contributed by atoms with Gasteiger partial charge in [0, 0.05) is 25.2 Å². The number of carbonyl (C=O) groups excluding carboxylic acids is 1. The van der Waals surface area contributed by atoms with Gasteiger partial charge in [0.05, 0.1) is 18.0 Å². The molecule has 19 heavy (non-hydrogen) atoms. The first-order valence-electron chi connectivity index (χ1n) is 5.93. The molecule has 1 aromatic carbocycles. The van der Waals surface area contributed by atoms with E-state index in [1.165, 1.54) is 13.2 Å². The average molecular weight is 266 g/mol. The van der Waals surface area contributed by atoms with Gasteiger partial charge in [-0.2, -0.15) is 0 Å². The fourth-order valence-electron chi connectivity index (χ4n) is 1.89. The van der Waals surface area contributed by atoms with Gasteiger partial charge in [0.25, 0.3) is 5.69 Å². The van der Waals surface area contributed by atoms with Gasteiger partial charge in [0.2, 0.25) is 0 Å². The summed E-state index contributed by atoms with van der Waals surface area (Å²) in [6.07, 6.45) is 0. The van der Waals surface area contributed by atoms with Crippen LogP contribution >= 0.6 is 0 Å². The summed E-state index contributed by atoms with van der Waals surface area (Å²) in [6, 6.07) is 6.48. The molecule has 6 heteroatoms. The fourth-order valence-corrected chi connectivity index (χ4v) is 1.89. The molecule has 0 bridgehead atoms. The first-order valence-corrected chi connectivity index (χ1v) is 5.93. The van der Waals surface area contributed by atoms with E-state index in [0.29, 0.717) is 13.1 Å². The minimum absolute atomic E-state index is 0.0758. The van der Waals surface area contributed by atoms with Crippen LogP contribution in [0, 0.1) is 16.0 Å². The zero-order valence-corrected chi connectivity index (χ0v) is 11.3. The number of ether oxygens (including phenoxy) is 1. The molecule has 0 aliphatic heterocycles. The SMILES string of the molecule is COC(=O)C(C)CN(C)Cc1cccc([N+](=O)[O-])c1. The second kappa shape index (κ2) is 6.84. The lowest BCUT2D eigenvalue weighted by Crippen LogP contribution is -2.29. The van der Waals surface area contributed by atoms with Crippen LogP contribution in [0.3, 0.4) is 0 Å². The lowest BCUT2D eigenvalue weighted by molar-refractivity contribution is -0.384. The largest absolute Gasteiger partial charge is 0.469 e. The van der Waals surface area contributed by atoms with E-state index in [-0.39, 0.29) is 17.6 Å². The van der Waals surface area contributed by atoms with Crippen LogP contribution in [0.25, 0.3) is 0 Å². The van der Waals surface area contributed by atoms with Crippen molar-refractivity contribution in [2.45, 2.75) is 13.5 Å². The Labute approximate surface area is 112 Å². The van der Waals surface area contributed by atoms with Crippen molar-refractivity contribution >= 4 is 11.7 Å². The van der Waals surface area contributed by atoms with Crippen molar-refractivity contribution in [3.63, 3.8) is 0 Å². The number of carbonyl (C=O) groups is 1. The number of hydrogen-bond donors (Lipinski definition) is 0. The molecule has 1 atom stereocenters. The molecular formula is C13H18N2O4. The molecule has 6 nitrogen and oxygen atoms in total. The van der Waals surface area contributed by atoms with E-state index in [2.05, 4.69) is 4.74 Å². The van der Waals surface area contributed by atoms with Gasteiger partial charge in [-0.05, 0) is 12.6 Å². The third-order valence-corrected chi connectivity index (χ3v) is 2.76. The number of nitrogens with zero attached hydrogens (tertiary/aromatic N) is 2. The molecule has 0 radical (unpaired) electrons. The van der Waals surface area contributed by atoms with Gasteiger partial charge in [-0.25, -0.2) is 0 Å². The Bertz CT molecular complexity index is 462. The maximum Gasteiger partial charge on any atom is 0.309 e. The highest BCUT2D eigenvalue weighted by atomic mass is 16.6. The van der Waals surface area contributed by atoms with Crippen LogP contribution in [-0.4, -0.2) is 36.5 Å². The maximum atomic E-state index is 11.3. The van der Waals surface area contributed by atoms with Crippen molar-refractivity contribution in [2.75, 3.05) is 20.7 Å². The Morgan fingerprint density at radius 3 is 2.79 bits per heavy atom. The third kappa shape index (κ3) is 4.67. The molecule has 1 rings (SSSR count). The number of methoxy groups -OCH3 is 1. The molecule has 1 unspecified atom stereocenters. The van der Waals surface area contributed by atoms with Gasteiger partial charge in [0.1, 0.15) is 0 Å². The number of esters is 1. The van der Waals surface area contributed by atoms with E-state index >= 15 is 0 Å². The van der Waals surface area contributed by atoms with Crippen molar-refractivity contribution < 1.29 is 14.5 Å². The molecule has 0 saturated carbocycles. The predicted molar refractivity (Wildman–Crippen MR) is 70.6 cm³/mol. The topological polar surface area (TPSA) is 72.7 Å². The molecule has 0 amide bonds. The van der Waals surface area contributed by atoms with Crippen LogP contribution in [0.2, 0.25) is 0 Å². The van der Waals surface area contributed by atoms with Gasteiger partial charge < -0.3 is 9.64 Å². The summed E-state index contributed by atoms with van der Waals surface area (Å²) in [6.45, 7) is 2.87. The van der Waals surface area contributed by atoms with Crippen LogP contribution in [0.5, 0.6) is 0 Å². The van der Waals surface area contributed by atoms with Crippen molar-refractivity contribution in [2.24, 2.45) is 5.92 Å². The van der Waals surface area contributed by atoms with Gasteiger partial charge in [-0.15, -0.1) is 0 Å². The third-order valence-electron chi connectivity index (χ3n) is 2.76. The zero-order chi connectivity index (χ0) is 14.4. The summed E-state index contributed by atoms with van der Waals surface area (Å²) in [4.78, 5) is 23.5. The Kier molecular flexibility index (Phi) is 5.44. The minimum atomic E-state index is -0.416. The summed E-state index contributed by atoms with van der Waals surface area (Å²) < 4.78 is 4.66. The van der Waals surface area contributed by atoms with Gasteiger partial charge in [-0.3, -0.25) is 14.9 Å². The maximum absolute atomic E-state index is 11.3. The summed E-state index contributed by atoms with van der Waals surface area (Å²) >= 11 is 0. The average Bonchev–Trinajstić information content (AvgIpc) is 2.37. The number of nitro groups is 1. The van der Waals surface area contributed by atoms with Crippen molar-refractivity contribution in [1.29, 1.82) is 0 Å². The highest BCUT2D eigenvalue weighted by Gasteiger charge is 2.16. The van der Waals surface area contributed by atoms with E-state index < -0.39 is 4.92 Å². The molecule has 0 aliphatic carbocycles. The molecule has 1 aromatic rings. The van der Waals surface area contributed by atoms with E-state index in [1.807, 2.05) is 18.0 Å². The van der Waals surface area contributed by atoms with E-state index in [9.17, 15) is 14.9 Å². The summed E-state index contributed by atoms with van der Waals surface area (Å²) in [7, 11) is 3.22. The van der Waals surface area contributed by atoms with Crippen LogP contribution in [-0.2, 0) is 16.1 Å². The minimum Gasteiger partial charge on any atom is -0.469 e. The Morgan fingerprint density at radius 2 is 2.21 bits per heavy atom. The number of hydrogen-bond acceptors (Lipinski definition) is 5. The molecule has 104 valence electrons. The molecule has 0 heterocycles. The lowest BCUT2D eigenvalue weighted by Gasteiger charge is -2.19. The van der Waals surface area contributed by atoms with Crippen molar-refractivity contribution in [1.82, 2.24) is 4.90 Å². The van der Waals surface area contributed by atoms with Gasteiger partial charge in [0.15, 0.2) is 0 Å². The molecule has 0 aromatic heterocycles. The molecule has 0 saturated heterocycles. The van der Waals surface area contributed by atoms with Crippen molar-refractivity contribution in [3.8, 4) is 0 Å². The second-order valence-corrected chi connectivity index (χ2v) is 4.55. The first kappa shape index (κ1) is 15.1. The van der Waals surface area contributed by atoms with E-state index in [1.54, 1.807) is 19.1 Å². The summed E-state index contributed by atoms with van der Waals surface area (Å²) in [5, 5.41) is 10.7. The number of rotatable bonds is 6. The monoisotopic (exact) mass is 266 g/mol. The fraction of sp³-hybridized carbons (Fsp3) is 0.462. The van der Waals surface area contributed by atoms with Crippen LogP contribution < -0.4 is 0 Å². The molecule has 0 aliphatic rings. The molecule has 0 spiro atoms. The molecule has 0 N–H and O–H groups in total. The van der Waals surface area contributed by atoms with E-state index in [0.717, 1.165) is 5.56 Å². The van der Waals surface area contributed by atoms with Crippen LogP contribution in [0.4, 0.5) is 5.69 Å². The molecular weight excluding hydrogens is 248 g/mol. The molecule has 0 fully saturated rings. The number of non-ortho nitro benzene ring substituents is 1. The Hall–Kier alpha value is -1.95. The quantitative estimate of drug-likeness (QED) is 0.446. The van der Waals surface area contributed by atoms with E-state index in [4.69, 9.17) is 0 Å². The normalized spacial score (nSPS) is 12.2. The van der Waals surface area contributed by atoms with Gasteiger partial charge >= 0.3 is 5.97 Å². The number of nitro benzene ring substituents is 1. The lowest BCUT2D eigenvalue weighted by atomic mass is 10.1. The standard InChI is InChI=1S/C13H18N2O4/c1-10(13(16)19-3)8-14(2)9-11-5-4-6-12(7-11)15(17)18/h4-7,10H,8-9H2,1-3H3. The highest BCUT2D eigenvalue weighted by Crippen LogP contribution is 2.14. The Balaban J connectivity index is 2.61. The predicted octanol–water partition coefficient (Wildman–Crippen LogP) is 1.84. The smallest absolute Gasteiger partial charge is 0.309 e. The van der Waals surface area contributed by atoms with Gasteiger partial charge in [-0.1, -0.05) is 19.1 Å². The van der Waals surface area contributed by atoms with Crippen molar-refractivity contribution in [3.05, 3.63) is 39.9 Å². The first-order chi connectivity index (χ1) is 8.93. The zero-order valence-electron chi connectivity index (χ0n) is 11.3. The second-order valence-electron chi connectivity index (χ2n) is 4.55. The summed E-state index contributed by atoms with van der Waals surface area (Å²) in [5.74, 6) is -0.486. The highest BCUT2D eigenvalue weighted by molar-refractivity contribution is 5.72. The Morgan fingerprint density at radius 1 is 1.53 bits per heavy atom. The number of benzene rings is 1. The summed E-state index contributed by atoms with van der Waals surface area (Å²) in [5.41, 5.74) is 0.917.